The minimum absolute atomic E-state index is 0.0774. The summed E-state index contributed by atoms with van der Waals surface area (Å²) < 4.78 is 24.2. The smallest absolute Gasteiger partial charge is 0.178 e. The fourth-order valence-corrected chi connectivity index (χ4v) is 3.51. The van der Waals surface area contributed by atoms with Crippen LogP contribution < -0.4 is 5.32 Å². The quantitative estimate of drug-likeness (QED) is 0.821. The molecule has 0 atom stereocenters. The van der Waals surface area contributed by atoms with Crippen LogP contribution >= 0.6 is 11.6 Å². The largest absolute Gasteiger partial charge is 0.385 e. The zero-order chi connectivity index (χ0) is 16.0. The predicted molar refractivity (Wildman–Crippen MR) is 87.8 cm³/mol. The highest BCUT2D eigenvalue weighted by Crippen LogP contribution is 2.20. The van der Waals surface area contributed by atoms with Crippen molar-refractivity contribution in [1.82, 2.24) is 0 Å². The molecule has 0 saturated carbocycles. The van der Waals surface area contributed by atoms with E-state index in [9.17, 15) is 8.42 Å². The molecule has 0 aliphatic rings. The van der Waals surface area contributed by atoms with E-state index in [1.54, 1.807) is 48.5 Å². The van der Waals surface area contributed by atoms with Gasteiger partial charge in [0.2, 0.25) is 0 Å². The molecule has 0 radical (unpaired) electrons. The van der Waals surface area contributed by atoms with Gasteiger partial charge < -0.3 is 5.32 Å². The fraction of sp³-hybridized carbons (Fsp3) is 0.188. The van der Waals surface area contributed by atoms with Crippen molar-refractivity contribution in [2.24, 2.45) is 0 Å². The molecule has 0 bridgehead atoms. The van der Waals surface area contributed by atoms with Crippen molar-refractivity contribution >= 4 is 27.1 Å². The maximum absolute atomic E-state index is 12.1. The maximum Gasteiger partial charge on any atom is 0.178 e. The molecule has 0 heterocycles. The van der Waals surface area contributed by atoms with Crippen LogP contribution in [0.1, 0.15) is 12.0 Å². The Balaban J connectivity index is 1.87. The van der Waals surface area contributed by atoms with Gasteiger partial charge in [-0.1, -0.05) is 29.8 Å². The third-order valence-corrected chi connectivity index (χ3v) is 5.24. The molecule has 2 aromatic carbocycles. The van der Waals surface area contributed by atoms with E-state index in [2.05, 4.69) is 5.32 Å². The van der Waals surface area contributed by atoms with Gasteiger partial charge in [-0.05, 0) is 36.8 Å². The minimum atomic E-state index is -3.24. The number of nitriles is 1. The number of hydrogen-bond donors (Lipinski definition) is 1. The predicted octanol–water partition coefficient (Wildman–Crippen LogP) is 3.49. The van der Waals surface area contributed by atoms with Crippen molar-refractivity contribution in [3.05, 3.63) is 59.1 Å². The van der Waals surface area contributed by atoms with E-state index in [4.69, 9.17) is 16.9 Å². The Hall–Kier alpha value is -2.03. The summed E-state index contributed by atoms with van der Waals surface area (Å²) in [5, 5.41) is 12.3. The van der Waals surface area contributed by atoms with Crippen molar-refractivity contribution in [1.29, 1.82) is 5.26 Å². The first-order valence-electron chi connectivity index (χ1n) is 6.74. The summed E-state index contributed by atoms with van der Waals surface area (Å²) in [6, 6.07) is 15.4. The Bertz CT molecular complexity index is 784. The van der Waals surface area contributed by atoms with Crippen LogP contribution in [-0.2, 0) is 9.84 Å². The van der Waals surface area contributed by atoms with Crippen LogP contribution in [0.2, 0.25) is 5.02 Å². The molecule has 2 rings (SSSR count). The van der Waals surface area contributed by atoms with Gasteiger partial charge in [0.05, 0.1) is 21.2 Å². The summed E-state index contributed by atoms with van der Waals surface area (Å²) in [7, 11) is -3.24. The molecular weight excluding hydrogens is 320 g/mol. The van der Waals surface area contributed by atoms with Gasteiger partial charge in [-0.2, -0.15) is 5.26 Å². The van der Waals surface area contributed by atoms with Crippen LogP contribution in [0.25, 0.3) is 0 Å². The van der Waals surface area contributed by atoms with E-state index in [0.717, 1.165) is 5.69 Å². The van der Waals surface area contributed by atoms with Gasteiger partial charge >= 0.3 is 0 Å². The lowest BCUT2D eigenvalue weighted by molar-refractivity contribution is 0.594. The van der Waals surface area contributed by atoms with E-state index in [1.807, 2.05) is 6.07 Å². The van der Waals surface area contributed by atoms with Crippen molar-refractivity contribution in [3.63, 3.8) is 0 Å². The van der Waals surface area contributed by atoms with E-state index >= 15 is 0 Å². The standard InChI is InChI=1S/C16H15ClN2O2S/c17-16-11-14(8-7-13(16)12-18)19-9-4-10-22(20,21)15-5-2-1-3-6-15/h1-3,5-8,11,19H,4,9-10H2. The lowest BCUT2D eigenvalue weighted by atomic mass is 10.2. The Morgan fingerprint density at radius 3 is 2.50 bits per heavy atom. The molecule has 4 nitrogen and oxygen atoms in total. The summed E-state index contributed by atoms with van der Waals surface area (Å²) >= 11 is 5.94. The van der Waals surface area contributed by atoms with E-state index in [0.29, 0.717) is 28.4 Å². The zero-order valence-electron chi connectivity index (χ0n) is 11.8. The second-order valence-electron chi connectivity index (χ2n) is 4.72. The third kappa shape index (κ3) is 4.23. The van der Waals surface area contributed by atoms with Crippen molar-refractivity contribution in [2.45, 2.75) is 11.3 Å². The van der Waals surface area contributed by atoms with Gasteiger partial charge in [0.25, 0.3) is 0 Å². The number of hydrogen-bond acceptors (Lipinski definition) is 4. The molecule has 1 N–H and O–H groups in total. The summed E-state index contributed by atoms with van der Waals surface area (Å²) in [5.74, 6) is 0.0774. The van der Waals surface area contributed by atoms with Gasteiger partial charge in [-0.25, -0.2) is 8.42 Å². The van der Waals surface area contributed by atoms with Gasteiger partial charge in [0, 0.05) is 12.2 Å². The summed E-state index contributed by atoms with van der Waals surface area (Å²) in [5.41, 5.74) is 1.18. The van der Waals surface area contributed by atoms with Crippen molar-refractivity contribution in [2.75, 3.05) is 17.6 Å². The van der Waals surface area contributed by atoms with Gasteiger partial charge in [0.15, 0.2) is 9.84 Å². The van der Waals surface area contributed by atoms with Crippen LogP contribution in [0.5, 0.6) is 0 Å². The van der Waals surface area contributed by atoms with E-state index in [1.165, 1.54) is 0 Å². The van der Waals surface area contributed by atoms with E-state index < -0.39 is 9.84 Å². The highest BCUT2D eigenvalue weighted by atomic mass is 35.5. The first-order chi connectivity index (χ1) is 10.5. The Kier molecular flexibility index (Phi) is 5.42. The molecule has 0 fully saturated rings. The Morgan fingerprint density at radius 2 is 1.86 bits per heavy atom. The maximum atomic E-state index is 12.1. The average molecular weight is 335 g/mol. The number of halogens is 1. The third-order valence-electron chi connectivity index (χ3n) is 3.11. The summed E-state index contributed by atoms with van der Waals surface area (Å²) in [6.07, 6.45) is 0.481. The number of sulfone groups is 1. The molecule has 6 heteroatoms. The number of rotatable bonds is 6. The second kappa shape index (κ2) is 7.30. The molecule has 0 aromatic heterocycles. The molecule has 0 aliphatic carbocycles. The number of nitrogens with one attached hydrogen (secondary N) is 1. The zero-order valence-corrected chi connectivity index (χ0v) is 13.4. The highest BCUT2D eigenvalue weighted by molar-refractivity contribution is 7.91. The molecule has 0 saturated heterocycles. The number of benzene rings is 2. The first-order valence-corrected chi connectivity index (χ1v) is 8.77. The van der Waals surface area contributed by atoms with Crippen LogP contribution in [0.3, 0.4) is 0 Å². The second-order valence-corrected chi connectivity index (χ2v) is 7.24. The monoisotopic (exact) mass is 334 g/mol. The number of anilines is 1. The van der Waals surface area contributed by atoms with Crippen LogP contribution in [0, 0.1) is 11.3 Å². The van der Waals surface area contributed by atoms with Crippen molar-refractivity contribution < 1.29 is 8.42 Å². The van der Waals surface area contributed by atoms with Crippen LogP contribution in [0.15, 0.2) is 53.4 Å². The summed E-state index contributed by atoms with van der Waals surface area (Å²) in [4.78, 5) is 0.344. The first kappa shape index (κ1) is 16.3. The Labute approximate surface area is 135 Å². The number of nitrogens with zero attached hydrogens (tertiary/aromatic N) is 1. The highest BCUT2D eigenvalue weighted by Gasteiger charge is 2.12. The molecule has 0 unspecified atom stereocenters. The van der Waals surface area contributed by atoms with Gasteiger partial charge in [-0.15, -0.1) is 0 Å². The van der Waals surface area contributed by atoms with Crippen LogP contribution in [0.4, 0.5) is 5.69 Å². The van der Waals surface area contributed by atoms with Gasteiger partial charge in [0.1, 0.15) is 6.07 Å². The molecule has 114 valence electrons. The normalized spacial score (nSPS) is 10.9. The lowest BCUT2D eigenvalue weighted by Crippen LogP contribution is -2.11. The SMILES string of the molecule is N#Cc1ccc(NCCCS(=O)(=O)c2ccccc2)cc1Cl. The molecule has 0 aliphatic heterocycles. The summed E-state index contributed by atoms with van der Waals surface area (Å²) in [6.45, 7) is 0.508. The van der Waals surface area contributed by atoms with Crippen LogP contribution in [-0.4, -0.2) is 20.7 Å². The van der Waals surface area contributed by atoms with E-state index in [-0.39, 0.29) is 5.75 Å². The molecule has 22 heavy (non-hydrogen) atoms. The molecule has 2 aromatic rings. The minimum Gasteiger partial charge on any atom is -0.385 e. The average Bonchev–Trinajstić information content (AvgIpc) is 2.53. The molecule has 0 amide bonds. The molecule has 0 spiro atoms. The fourth-order valence-electron chi connectivity index (χ4n) is 1.96. The Morgan fingerprint density at radius 1 is 1.14 bits per heavy atom. The lowest BCUT2D eigenvalue weighted by Gasteiger charge is -2.08. The van der Waals surface area contributed by atoms with Gasteiger partial charge in [-0.3, -0.25) is 0 Å². The molecular formula is C16H15ClN2O2S. The van der Waals surface area contributed by atoms with Crippen molar-refractivity contribution in [3.8, 4) is 6.07 Å². The topological polar surface area (TPSA) is 70.0 Å².